The first-order valence-electron chi connectivity index (χ1n) is 7.40. The summed E-state index contributed by atoms with van der Waals surface area (Å²) in [5, 5.41) is 20.6. The fourth-order valence-electron chi connectivity index (χ4n) is 2.74. The number of aromatic amines is 1. The zero-order valence-corrected chi connectivity index (χ0v) is 14.4. The average Bonchev–Trinajstić information content (AvgIpc) is 2.89. The number of rotatable bonds is 2. The highest BCUT2D eigenvalue weighted by molar-refractivity contribution is 9.10. The summed E-state index contributed by atoms with van der Waals surface area (Å²) >= 11 is 3.50. The normalized spacial score (nSPS) is 11.8. The molecule has 0 radical (unpaired) electrons. The van der Waals surface area contributed by atoms with Crippen LogP contribution in [0, 0.1) is 6.92 Å². The first-order chi connectivity index (χ1) is 11.6. The lowest BCUT2D eigenvalue weighted by atomic mass is 10.1. The molecule has 6 heteroatoms. The van der Waals surface area contributed by atoms with Gasteiger partial charge in [0.15, 0.2) is 5.69 Å². The van der Waals surface area contributed by atoms with Crippen LogP contribution in [0.4, 0.5) is 11.4 Å². The van der Waals surface area contributed by atoms with Crippen LogP contribution in [-0.4, -0.2) is 15.1 Å². The molecule has 2 heterocycles. The van der Waals surface area contributed by atoms with E-state index in [0.717, 1.165) is 31.8 Å². The summed E-state index contributed by atoms with van der Waals surface area (Å²) in [5.41, 5.74) is 3.72. The van der Waals surface area contributed by atoms with Crippen LogP contribution in [0.25, 0.3) is 21.8 Å². The van der Waals surface area contributed by atoms with Crippen molar-refractivity contribution in [1.82, 2.24) is 9.97 Å². The Kier molecular flexibility index (Phi) is 3.54. The molecule has 0 aliphatic heterocycles. The van der Waals surface area contributed by atoms with Crippen LogP contribution in [0.5, 0.6) is 5.88 Å². The van der Waals surface area contributed by atoms with E-state index in [4.69, 9.17) is 0 Å². The van der Waals surface area contributed by atoms with E-state index in [1.165, 1.54) is 0 Å². The number of hydrogen-bond acceptors (Lipinski definition) is 4. The van der Waals surface area contributed by atoms with Gasteiger partial charge in [0, 0.05) is 21.4 Å². The zero-order valence-electron chi connectivity index (χ0n) is 12.8. The molecule has 2 aromatic carbocycles. The van der Waals surface area contributed by atoms with Crippen molar-refractivity contribution in [3.05, 3.63) is 58.7 Å². The predicted molar refractivity (Wildman–Crippen MR) is 98.3 cm³/mol. The summed E-state index contributed by atoms with van der Waals surface area (Å²) in [7, 11) is 0. The maximum absolute atomic E-state index is 10.2. The van der Waals surface area contributed by atoms with E-state index in [1.54, 1.807) is 6.20 Å². The summed E-state index contributed by atoms with van der Waals surface area (Å²) in [6.45, 7) is 1.99. The van der Waals surface area contributed by atoms with E-state index < -0.39 is 0 Å². The molecule has 0 spiro atoms. The molecule has 0 aliphatic carbocycles. The summed E-state index contributed by atoms with van der Waals surface area (Å²) < 4.78 is 0.876. The Hall–Kier alpha value is -2.73. The van der Waals surface area contributed by atoms with Gasteiger partial charge in [-0.05, 0) is 52.7 Å². The van der Waals surface area contributed by atoms with Gasteiger partial charge in [-0.1, -0.05) is 18.2 Å². The highest BCUT2D eigenvalue weighted by Crippen LogP contribution is 2.40. The van der Waals surface area contributed by atoms with Crippen molar-refractivity contribution in [2.75, 3.05) is 0 Å². The third kappa shape index (κ3) is 2.45. The Labute approximate surface area is 146 Å². The van der Waals surface area contributed by atoms with Crippen molar-refractivity contribution in [2.45, 2.75) is 6.92 Å². The fourth-order valence-corrected chi connectivity index (χ4v) is 3.41. The Morgan fingerprint density at radius 1 is 1.12 bits per heavy atom. The monoisotopic (exact) mass is 380 g/mol. The van der Waals surface area contributed by atoms with Gasteiger partial charge in [-0.15, -0.1) is 10.2 Å². The smallest absolute Gasteiger partial charge is 0.218 e. The molecule has 0 bridgehead atoms. The number of nitrogens with zero attached hydrogens (tertiary/aromatic N) is 3. The second-order valence-corrected chi connectivity index (χ2v) is 6.40. The second kappa shape index (κ2) is 5.72. The van der Waals surface area contributed by atoms with Gasteiger partial charge in [0.1, 0.15) is 5.69 Å². The number of aryl methyl sites for hydroxylation is 1. The third-order valence-corrected chi connectivity index (χ3v) is 4.45. The van der Waals surface area contributed by atoms with Crippen LogP contribution in [0.3, 0.4) is 0 Å². The number of para-hydroxylation sites is 1. The van der Waals surface area contributed by atoms with Crippen LogP contribution in [0.2, 0.25) is 0 Å². The Bertz CT molecular complexity index is 1100. The van der Waals surface area contributed by atoms with Crippen LogP contribution in [-0.2, 0) is 0 Å². The van der Waals surface area contributed by atoms with Gasteiger partial charge in [-0.2, -0.15) is 0 Å². The van der Waals surface area contributed by atoms with E-state index in [9.17, 15) is 5.11 Å². The van der Waals surface area contributed by atoms with Crippen molar-refractivity contribution in [3.8, 4) is 5.88 Å². The summed E-state index contributed by atoms with van der Waals surface area (Å²) in [6, 6.07) is 13.5. The molecule has 2 aromatic heterocycles. The van der Waals surface area contributed by atoms with Crippen molar-refractivity contribution >= 4 is 49.1 Å². The number of pyridine rings is 1. The largest absolute Gasteiger partial charge is 0.493 e. The van der Waals surface area contributed by atoms with E-state index in [2.05, 4.69) is 36.1 Å². The predicted octanol–water partition coefficient (Wildman–Crippen LogP) is 5.91. The van der Waals surface area contributed by atoms with Gasteiger partial charge in [-0.25, -0.2) is 0 Å². The topological polar surface area (TPSA) is 73.6 Å². The highest BCUT2D eigenvalue weighted by atomic mass is 79.9. The van der Waals surface area contributed by atoms with Crippen LogP contribution < -0.4 is 0 Å². The molecule has 5 nitrogen and oxygen atoms in total. The number of H-pyrrole nitrogens is 1. The van der Waals surface area contributed by atoms with Crippen LogP contribution >= 0.6 is 15.9 Å². The number of nitrogens with one attached hydrogen (secondary N) is 1. The molecular weight excluding hydrogens is 368 g/mol. The molecule has 0 unspecified atom stereocenters. The third-order valence-electron chi connectivity index (χ3n) is 3.83. The first-order valence-corrected chi connectivity index (χ1v) is 8.19. The van der Waals surface area contributed by atoms with Crippen molar-refractivity contribution in [3.63, 3.8) is 0 Å². The van der Waals surface area contributed by atoms with Gasteiger partial charge in [-0.3, -0.25) is 4.98 Å². The molecule has 0 amide bonds. The Morgan fingerprint density at radius 2 is 1.96 bits per heavy atom. The number of benzene rings is 2. The number of halogens is 1. The number of azo groups is 1. The molecule has 4 aromatic rings. The maximum atomic E-state index is 10.2. The van der Waals surface area contributed by atoms with Crippen molar-refractivity contribution in [1.29, 1.82) is 0 Å². The van der Waals surface area contributed by atoms with Gasteiger partial charge in [0.2, 0.25) is 5.88 Å². The second-order valence-electron chi connectivity index (χ2n) is 5.54. The lowest BCUT2D eigenvalue weighted by Gasteiger charge is -2.00. The molecule has 0 fully saturated rings. The van der Waals surface area contributed by atoms with E-state index in [0.29, 0.717) is 11.4 Å². The van der Waals surface area contributed by atoms with Crippen LogP contribution in [0.15, 0.2) is 63.4 Å². The summed E-state index contributed by atoms with van der Waals surface area (Å²) in [6.07, 6.45) is 1.73. The maximum Gasteiger partial charge on any atom is 0.218 e. The standard InChI is InChI=1S/C18H13BrN4O/c1-10-8-12-16(13(19)9-10)21-18(24)17(12)23-22-14-6-2-4-11-5-3-7-20-15(11)14/h2-9,21,24H,1H3. The van der Waals surface area contributed by atoms with Gasteiger partial charge >= 0.3 is 0 Å². The number of fused-ring (bicyclic) bond motifs is 2. The molecule has 0 saturated carbocycles. The number of hydrogen-bond donors (Lipinski definition) is 2. The average molecular weight is 381 g/mol. The minimum absolute atomic E-state index is 0.00625. The minimum atomic E-state index is -0.00625. The lowest BCUT2D eigenvalue weighted by molar-refractivity contribution is 0.459. The molecule has 0 aliphatic rings. The fraction of sp³-hybridized carbons (Fsp3) is 0.0556. The molecule has 0 atom stereocenters. The number of aromatic hydroxyl groups is 1. The van der Waals surface area contributed by atoms with Crippen LogP contribution in [0.1, 0.15) is 5.56 Å². The summed E-state index contributed by atoms with van der Waals surface area (Å²) in [4.78, 5) is 7.30. The molecule has 0 saturated heterocycles. The molecule has 24 heavy (non-hydrogen) atoms. The molecule has 4 rings (SSSR count). The quantitative estimate of drug-likeness (QED) is 0.424. The zero-order chi connectivity index (χ0) is 16.7. The summed E-state index contributed by atoms with van der Waals surface area (Å²) in [5.74, 6) is -0.00625. The van der Waals surface area contributed by atoms with E-state index in [-0.39, 0.29) is 5.88 Å². The lowest BCUT2D eigenvalue weighted by Crippen LogP contribution is -1.77. The molecular formula is C18H13BrN4O. The van der Waals surface area contributed by atoms with Crippen molar-refractivity contribution in [2.24, 2.45) is 10.2 Å². The number of aromatic nitrogens is 2. The van der Waals surface area contributed by atoms with E-state index >= 15 is 0 Å². The van der Waals surface area contributed by atoms with E-state index in [1.807, 2.05) is 49.4 Å². The first kappa shape index (κ1) is 14.8. The highest BCUT2D eigenvalue weighted by Gasteiger charge is 2.13. The molecule has 2 N–H and O–H groups in total. The van der Waals surface area contributed by atoms with Crippen molar-refractivity contribution < 1.29 is 5.11 Å². The van der Waals surface area contributed by atoms with Gasteiger partial charge in [0.05, 0.1) is 11.0 Å². The van der Waals surface area contributed by atoms with Gasteiger partial charge in [0.25, 0.3) is 0 Å². The Balaban J connectivity index is 1.87. The SMILES string of the molecule is Cc1cc(Br)c2[nH]c(O)c(N=Nc3cccc4cccnc34)c2c1. The minimum Gasteiger partial charge on any atom is -0.493 e. The molecule has 118 valence electrons. The Morgan fingerprint density at radius 3 is 2.83 bits per heavy atom. The van der Waals surface area contributed by atoms with Gasteiger partial charge < -0.3 is 10.1 Å².